The second-order valence-electron chi connectivity index (χ2n) is 3.74. The van der Waals surface area contributed by atoms with E-state index in [9.17, 15) is 9.18 Å². The van der Waals surface area contributed by atoms with E-state index in [-0.39, 0.29) is 5.82 Å². The number of carboxylic acid groups (broad SMARTS) is 1. The van der Waals surface area contributed by atoms with Crippen LogP contribution in [0.5, 0.6) is 5.75 Å². The molecular weight excluding hydrogens is 211 g/mol. The van der Waals surface area contributed by atoms with Gasteiger partial charge < -0.3 is 9.84 Å². The average molecular weight is 226 g/mol. The van der Waals surface area contributed by atoms with Crippen LogP contribution in [-0.2, 0) is 11.2 Å². The summed E-state index contributed by atoms with van der Waals surface area (Å²) in [5.74, 6) is -1.19. The van der Waals surface area contributed by atoms with Crippen molar-refractivity contribution in [3.63, 3.8) is 0 Å². The van der Waals surface area contributed by atoms with E-state index >= 15 is 0 Å². The van der Waals surface area contributed by atoms with Gasteiger partial charge in [-0.3, -0.25) is 4.79 Å². The van der Waals surface area contributed by atoms with Crippen molar-refractivity contribution in [1.29, 1.82) is 0 Å². The van der Waals surface area contributed by atoms with E-state index in [4.69, 9.17) is 9.84 Å². The highest BCUT2D eigenvalue weighted by molar-refractivity contribution is 5.69. The molecule has 0 radical (unpaired) electrons. The van der Waals surface area contributed by atoms with Crippen molar-refractivity contribution in [1.82, 2.24) is 0 Å². The molecule has 1 aromatic rings. The summed E-state index contributed by atoms with van der Waals surface area (Å²) in [5.41, 5.74) is 0.522. The Morgan fingerprint density at radius 3 is 2.75 bits per heavy atom. The minimum atomic E-state index is -0.853. The number of ether oxygens (including phenoxy) is 1. The fourth-order valence-electron chi connectivity index (χ4n) is 1.35. The molecule has 0 aliphatic rings. The zero-order chi connectivity index (χ0) is 12.1. The van der Waals surface area contributed by atoms with Crippen molar-refractivity contribution in [2.45, 2.75) is 19.8 Å². The first-order valence-electron chi connectivity index (χ1n) is 5.09. The molecule has 1 atom stereocenters. The van der Waals surface area contributed by atoms with Gasteiger partial charge in [0.1, 0.15) is 11.6 Å². The molecule has 88 valence electrons. The average Bonchev–Trinajstić information content (AvgIpc) is 2.26. The van der Waals surface area contributed by atoms with Crippen molar-refractivity contribution in [3.05, 3.63) is 29.6 Å². The van der Waals surface area contributed by atoms with Crippen LogP contribution in [0.1, 0.15) is 18.9 Å². The summed E-state index contributed by atoms with van der Waals surface area (Å²) in [5, 5.41) is 8.70. The molecule has 0 aliphatic heterocycles. The summed E-state index contributed by atoms with van der Waals surface area (Å²) in [4.78, 5) is 10.6. The molecular formula is C12H15FO3. The lowest BCUT2D eigenvalue weighted by Gasteiger charge is -2.08. The van der Waals surface area contributed by atoms with Crippen LogP contribution in [0, 0.1) is 11.7 Å². The number of methoxy groups -OCH3 is 1. The molecule has 16 heavy (non-hydrogen) atoms. The maximum absolute atomic E-state index is 13.5. The predicted octanol–water partition coefficient (Wildman–Crippen LogP) is 2.49. The molecule has 0 saturated heterocycles. The van der Waals surface area contributed by atoms with Gasteiger partial charge in [-0.05, 0) is 24.5 Å². The topological polar surface area (TPSA) is 46.5 Å². The molecule has 1 aromatic carbocycles. The summed E-state index contributed by atoms with van der Waals surface area (Å²) < 4.78 is 18.3. The SMILES string of the molecule is COc1ccc(CCC(C)C(=O)O)c(F)c1. The van der Waals surface area contributed by atoms with E-state index in [0.717, 1.165) is 0 Å². The van der Waals surface area contributed by atoms with Gasteiger partial charge in [-0.1, -0.05) is 13.0 Å². The standard InChI is InChI=1S/C12H15FO3/c1-8(12(14)15)3-4-9-5-6-10(16-2)7-11(9)13/h5-8H,3-4H2,1-2H3,(H,14,15). The Balaban J connectivity index is 2.64. The molecule has 1 N–H and O–H groups in total. The number of benzene rings is 1. The Hall–Kier alpha value is -1.58. The van der Waals surface area contributed by atoms with E-state index in [2.05, 4.69) is 0 Å². The smallest absolute Gasteiger partial charge is 0.306 e. The van der Waals surface area contributed by atoms with Gasteiger partial charge in [0.05, 0.1) is 13.0 Å². The third kappa shape index (κ3) is 3.22. The Morgan fingerprint density at radius 1 is 1.56 bits per heavy atom. The molecule has 0 heterocycles. The Morgan fingerprint density at radius 2 is 2.25 bits per heavy atom. The van der Waals surface area contributed by atoms with E-state index < -0.39 is 11.9 Å². The second kappa shape index (κ2) is 5.49. The quantitative estimate of drug-likeness (QED) is 0.839. The minimum absolute atomic E-state index is 0.350. The lowest BCUT2D eigenvalue weighted by Crippen LogP contribution is -2.10. The van der Waals surface area contributed by atoms with Crippen LogP contribution in [0.15, 0.2) is 18.2 Å². The molecule has 0 aromatic heterocycles. The third-order valence-electron chi connectivity index (χ3n) is 2.53. The highest BCUT2D eigenvalue weighted by Gasteiger charge is 2.12. The number of hydrogen-bond donors (Lipinski definition) is 1. The second-order valence-corrected chi connectivity index (χ2v) is 3.74. The molecule has 0 aliphatic carbocycles. The molecule has 0 spiro atoms. The Bertz CT molecular complexity index is 377. The van der Waals surface area contributed by atoms with Crippen LogP contribution < -0.4 is 4.74 Å². The van der Waals surface area contributed by atoms with Crippen LogP contribution in [0.3, 0.4) is 0 Å². The van der Waals surface area contributed by atoms with Crippen LogP contribution in [0.2, 0.25) is 0 Å². The van der Waals surface area contributed by atoms with Crippen LogP contribution >= 0.6 is 0 Å². The van der Waals surface area contributed by atoms with Gasteiger partial charge in [-0.25, -0.2) is 4.39 Å². The van der Waals surface area contributed by atoms with Crippen molar-refractivity contribution < 1.29 is 19.0 Å². The summed E-state index contributed by atoms with van der Waals surface area (Å²) in [6.45, 7) is 1.61. The fraction of sp³-hybridized carbons (Fsp3) is 0.417. The summed E-state index contributed by atoms with van der Waals surface area (Å²) in [6, 6.07) is 4.60. The van der Waals surface area contributed by atoms with Gasteiger partial charge in [-0.2, -0.15) is 0 Å². The van der Waals surface area contributed by atoms with Gasteiger partial charge in [0.2, 0.25) is 0 Å². The largest absolute Gasteiger partial charge is 0.497 e. The van der Waals surface area contributed by atoms with E-state index in [0.29, 0.717) is 24.2 Å². The zero-order valence-corrected chi connectivity index (χ0v) is 9.37. The van der Waals surface area contributed by atoms with Crippen molar-refractivity contribution in [2.75, 3.05) is 7.11 Å². The molecule has 4 heteroatoms. The minimum Gasteiger partial charge on any atom is -0.497 e. The number of aryl methyl sites for hydroxylation is 1. The fourth-order valence-corrected chi connectivity index (χ4v) is 1.35. The summed E-state index contributed by atoms with van der Waals surface area (Å²) >= 11 is 0. The Labute approximate surface area is 93.9 Å². The van der Waals surface area contributed by atoms with E-state index in [1.165, 1.54) is 13.2 Å². The van der Waals surface area contributed by atoms with Crippen LogP contribution in [0.4, 0.5) is 4.39 Å². The number of rotatable bonds is 5. The molecule has 1 unspecified atom stereocenters. The molecule has 3 nitrogen and oxygen atoms in total. The molecule has 0 saturated carbocycles. The van der Waals surface area contributed by atoms with Crippen LogP contribution in [-0.4, -0.2) is 18.2 Å². The molecule has 0 amide bonds. The van der Waals surface area contributed by atoms with Crippen molar-refractivity contribution in [2.24, 2.45) is 5.92 Å². The summed E-state index contributed by atoms with van der Waals surface area (Å²) in [6.07, 6.45) is 0.849. The normalized spacial score (nSPS) is 12.2. The first-order chi connectivity index (χ1) is 7.54. The third-order valence-corrected chi connectivity index (χ3v) is 2.53. The monoisotopic (exact) mass is 226 g/mol. The van der Waals surface area contributed by atoms with Gasteiger partial charge in [0.15, 0.2) is 0 Å². The number of hydrogen-bond acceptors (Lipinski definition) is 2. The highest BCUT2D eigenvalue weighted by Crippen LogP contribution is 2.18. The number of carbonyl (C=O) groups is 1. The maximum Gasteiger partial charge on any atom is 0.306 e. The highest BCUT2D eigenvalue weighted by atomic mass is 19.1. The number of halogens is 1. The van der Waals surface area contributed by atoms with E-state index in [1.54, 1.807) is 19.1 Å². The van der Waals surface area contributed by atoms with Crippen molar-refractivity contribution >= 4 is 5.97 Å². The number of carboxylic acids is 1. The zero-order valence-electron chi connectivity index (χ0n) is 9.37. The van der Waals surface area contributed by atoms with Gasteiger partial charge >= 0.3 is 5.97 Å². The summed E-state index contributed by atoms with van der Waals surface area (Å²) in [7, 11) is 1.47. The van der Waals surface area contributed by atoms with Crippen LogP contribution in [0.25, 0.3) is 0 Å². The van der Waals surface area contributed by atoms with Gasteiger partial charge in [0.25, 0.3) is 0 Å². The Kier molecular flexibility index (Phi) is 4.28. The van der Waals surface area contributed by atoms with E-state index in [1.807, 2.05) is 0 Å². The lowest BCUT2D eigenvalue weighted by molar-refractivity contribution is -0.141. The first kappa shape index (κ1) is 12.5. The molecule has 0 bridgehead atoms. The van der Waals surface area contributed by atoms with Gasteiger partial charge in [-0.15, -0.1) is 0 Å². The first-order valence-corrected chi connectivity index (χ1v) is 5.09. The van der Waals surface area contributed by atoms with Crippen molar-refractivity contribution in [3.8, 4) is 5.75 Å². The molecule has 1 rings (SSSR count). The maximum atomic E-state index is 13.5. The van der Waals surface area contributed by atoms with Gasteiger partial charge in [0, 0.05) is 6.07 Å². The molecule has 0 fully saturated rings. The predicted molar refractivity (Wildman–Crippen MR) is 58.1 cm³/mol. The lowest BCUT2D eigenvalue weighted by atomic mass is 10.0. The number of aliphatic carboxylic acids is 1.